The highest BCUT2D eigenvalue weighted by atomic mass is 32.5. The maximum absolute atomic E-state index is 11.8. The van der Waals surface area contributed by atoms with Crippen LogP contribution in [0.5, 0.6) is 0 Å². The summed E-state index contributed by atoms with van der Waals surface area (Å²) in [6, 6.07) is 0. The molecular formula is C11H23O8P3. The molecule has 1 aliphatic carbocycles. The van der Waals surface area contributed by atoms with Gasteiger partial charge in [-0.2, -0.15) is 0 Å². The molecule has 0 amide bonds. The van der Waals surface area contributed by atoms with Crippen molar-refractivity contribution in [2.45, 2.75) is 34.6 Å². The van der Waals surface area contributed by atoms with E-state index in [-0.39, 0.29) is 11.3 Å². The summed E-state index contributed by atoms with van der Waals surface area (Å²) >= 11 is 0. The van der Waals surface area contributed by atoms with Crippen LogP contribution in [0.1, 0.15) is 34.6 Å². The van der Waals surface area contributed by atoms with Crippen LogP contribution in [0.2, 0.25) is 0 Å². The van der Waals surface area contributed by atoms with Crippen LogP contribution >= 0.6 is 21.3 Å². The molecule has 0 saturated carbocycles. The quantitative estimate of drug-likeness (QED) is 0.424. The molecule has 0 radical (unpaired) electrons. The Morgan fingerprint density at radius 2 is 1.55 bits per heavy atom. The Balaban J connectivity index is 3.01. The van der Waals surface area contributed by atoms with Gasteiger partial charge >= 0.3 is 21.3 Å². The maximum Gasteiger partial charge on any atom is 0.422 e. The molecule has 1 aliphatic rings. The summed E-state index contributed by atoms with van der Waals surface area (Å²) in [7, 11) is -11.0. The maximum atomic E-state index is 11.8. The molecule has 0 fully saturated rings. The summed E-state index contributed by atoms with van der Waals surface area (Å²) in [5.74, 6) is 0.141. The lowest BCUT2D eigenvalue weighted by Gasteiger charge is -2.40. The van der Waals surface area contributed by atoms with Gasteiger partial charge in [-0.05, 0) is 22.3 Å². The third kappa shape index (κ3) is 3.09. The lowest BCUT2D eigenvalue weighted by Crippen LogP contribution is -2.34. The van der Waals surface area contributed by atoms with E-state index >= 15 is 0 Å². The van der Waals surface area contributed by atoms with Crippen molar-refractivity contribution in [3.63, 3.8) is 0 Å². The van der Waals surface area contributed by atoms with Gasteiger partial charge in [-0.15, -0.1) is 0 Å². The number of hydrogen-bond donors (Lipinski definition) is 4. The summed E-state index contributed by atoms with van der Waals surface area (Å²) in [6.07, 6.45) is 1.85. The fourth-order valence-corrected chi connectivity index (χ4v) is 7.68. The Morgan fingerprint density at radius 3 is 1.86 bits per heavy atom. The van der Waals surface area contributed by atoms with Crippen LogP contribution in [0.15, 0.2) is 11.6 Å². The molecule has 0 saturated heterocycles. The van der Waals surface area contributed by atoms with Crippen molar-refractivity contribution in [2.24, 2.45) is 16.7 Å². The van der Waals surface area contributed by atoms with Crippen LogP contribution in [0.3, 0.4) is 0 Å². The SMILES string of the molecule is C[C@@H]1C=C(COP(=O)(O)P(=O)(O)P(=O)(O)O)C(C)(C)C1(C)C. The van der Waals surface area contributed by atoms with Gasteiger partial charge in [0, 0.05) is 0 Å². The summed E-state index contributed by atoms with van der Waals surface area (Å²) in [5, 5.41) is 0. The third-order valence-corrected chi connectivity index (χ3v) is 15.4. The normalized spacial score (nSPS) is 29.5. The zero-order chi connectivity index (χ0) is 17.8. The fraction of sp³-hybridized carbons (Fsp3) is 0.818. The van der Waals surface area contributed by atoms with E-state index in [9.17, 15) is 23.5 Å². The molecule has 8 nitrogen and oxygen atoms in total. The molecule has 2 unspecified atom stereocenters. The first-order chi connectivity index (χ1) is 9.48. The molecule has 1 rings (SSSR count). The Morgan fingerprint density at radius 1 is 1.09 bits per heavy atom. The van der Waals surface area contributed by atoms with Crippen molar-refractivity contribution in [1.82, 2.24) is 0 Å². The molecular weight excluding hydrogens is 353 g/mol. The van der Waals surface area contributed by atoms with Crippen LogP contribution in [0, 0.1) is 16.7 Å². The Hall–Kier alpha value is 0.230. The molecule has 0 aromatic carbocycles. The van der Waals surface area contributed by atoms with Gasteiger partial charge in [0.15, 0.2) is 0 Å². The highest BCUT2D eigenvalue weighted by Gasteiger charge is 2.58. The highest BCUT2D eigenvalue weighted by Crippen LogP contribution is 2.94. The van der Waals surface area contributed by atoms with Gasteiger partial charge in [-0.3, -0.25) is 9.09 Å². The van der Waals surface area contributed by atoms with Gasteiger partial charge < -0.3 is 19.6 Å². The van der Waals surface area contributed by atoms with Crippen molar-refractivity contribution in [1.29, 1.82) is 0 Å². The Bertz CT molecular complexity index is 629. The van der Waals surface area contributed by atoms with E-state index in [1.807, 2.05) is 40.7 Å². The molecule has 4 N–H and O–H groups in total. The van der Waals surface area contributed by atoms with Crippen molar-refractivity contribution >= 4 is 21.3 Å². The van der Waals surface area contributed by atoms with Crippen molar-refractivity contribution in [3.05, 3.63) is 11.6 Å². The van der Waals surface area contributed by atoms with E-state index in [4.69, 9.17) is 9.79 Å². The minimum absolute atomic E-state index is 0.141. The van der Waals surface area contributed by atoms with Crippen LogP contribution in [-0.4, -0.2) is 26.2 Å². The standard InChI is InChI=1S/C11H23O8P3/c1-8-6-9(11(4,5)10(8,2)3)7-19-21(15,16)22(17,18)20(12,13)14/h6,8H,7H2,1-5H3,(H,15,16)(H,17,18)(H2,12,13,14)/t8-/m1/s1. The first kappa shape index (κ1) is 20.3. The average Bonchev–Trinajstić information content (AvgIpc) is 2.45. The predicted molar refractivity (Wildman–Crippen MR) is 82.5 cm³/mol. The van der Waals surface area contributed by atoms with E-state index in [2.05, 4.69) is 4.52 Å². The monoisotopic (exact) mass is 376 g/mol. The van der Waals surface area contributed by atoms with Crippen molar-refractivity contribution in [2.75, 3.05) is 6.61 Å². The number of allylic oxidation sites excluding steroid dienone is 1. The number of hydrogen-bond acceptors (Lipinski definition) is 4. The fourth-order valence-electron chi connectivity index (χ4n) is 2.31. The van der Waals surface area contributed by atoms with Crippen molar-refractivity contribution < 1.29 is 37.8 Å². The highest BCUT2D eigenvalue weighted by molar-refractivity contribution is 8.60. The lowest BCUT2D eigenvalue weighted by atomic mass is 9.64. The van der Waals surface area contributed by atoms with Gasteiger partial charge in [0.05, 0.1) is 6.61 Å². The van der Waals surface area contributed by atoms with Crippen molar-refractivity contribution in [3.8, 4) is 0 Å². The topological polar surface area (TPSA) is 141 Å². The second kappa shape index (κ2) is 5.65. The van der Waals surface area contributed by atoms with Crippen LogP contribution in [-0.2, 0) is 18.2 Å². The summed E-state index contributed by atoms with van der Waals surface area (Å²) in [5.41, 5.74) is 0.0654. The van der Waals surface area contributed by atoms with E-state index < -0.39 is 33.3 Å². The van der Waals surface area contributed by atoms with Gasteiger partial charge in [0.25, 0.3) is 0 Å². The predicted octanol–water partition coefficient (Wildman–Crippen LogP) is 3.10. The van der Waals surface area contributed by atoms with Gasteiger partial charge in [-0.25, -0.2) is 9.13 Å². The summed E-state index contributed by atoms with van der Waals surface area (Å²) < 4.78 is 38.9. The minimum Gasteiger partial charge on any atom is -0.328 e. The smallest absolute Gasteiger partial charge is 0.328 e. The second-order valence-electron chi connectivity index (χ2n) is 6.62. The average molecular weight is 376 g/mol. The second-order valence-corrected chi connectivity index (χ2v) is 17.2. The van der Waals surface area contributed by atoms with Crippen LogP contribution < -0.4 is 0 Å². The molecule has 130 valence electrons. The van der Waals surface area contributed by atoms with E-state index in [1.54, 1.807) is 0 Å². The zero-order valence-electron chi connectivity index (χ0n) is 13.1. The Kier molecular flexibility index (Phi) is 5.20. The summed E-state index contributed by atoms with van der Waals surface area (Å²) in [6.45, 7) is 3.69. The third-order valence-electron chi connectivity index (χ3n) is 5.06. The molecule has 22 heavy (non-hydrogen) atoms. The van der Waals surface area contributed by atoms with E-state index in [0.717, 1.165) is 0 Å². The first-order valence-electron chi connectivity index (χ1n) is 6.56. The molecule has 0 spiro atoms. The summed E-state index contributed by atoms with van der Waals surface area (Å²) in [4.78, 5) is 36.3. The van der Waals surface area contributed by atoms with Gasteiger partial charge in [0.1, 0.15) is 0 Å². The van der Waals surface area contributed by atoms with Crippen LogP contribution in [0.4, 0.5) is 0 Å². The van der Waals surface area contributed by atoms with E-state index in [1.165, 1.54) is 0 Å². The molecule has 0 heterocycles. The molecule has 0 bridgehead atoms. The molecule has 0 aromatic heterocycles. The van der Waals surface area contributed by atoms with E-state index in [0.29, 0.717) is 5.57 Å². The lowest BCUT2D eigenvalue weighted by molar-refractivity contribution is 0.121. The van der Waals surface area contributed by atoms with Gasteiger partial charge in [0.2, 0.25) is 0 Å². The molecule has 0 aliphatic heterocycles. The number of rotatable bonds is 5. The minimum atomic E-state index is -5.70. The largest absolute Gasteiger partial charge is 0.422 e. The Labute approximate surface area is 129 Å². The first-order valence-corrected chi connectivity index (χ1v) is 12.8. The zero-order valence-corrected chi connectivity index (χ0v) is 15.8. The molecule has 11 heteroatoms. The van der Waals surface area contributed by atoms with Crippen LogP contribution in [0.25, 0.3) is 0 Å². The van der Waals surface area contributed by atoms with Gasteiger partial charge in [-0.1, -0.05) is 40.7 Å². The molecule has 3 atom stereocenters. The molecule has 0 aromatic rings.